The first-order valence-corrected chi connectivity index (χ1v) is 14.1. The molecule has 41 heavy (non-hydrogen) atoms. The Balaban J connectivity index is 1.27. The molecule has 0 bridgehead atoms. The van der Waals surface area contributed by atoms with E-state index in [-0.39, 0.29) is 11.4 Å². The lowest BCUT2D eigenvalue weighted by Gasteiger charge is -2.14. The molecule has 1 aliphatic heterocycles. The molecule has 1 fully saturated rings. The molecule has 4 aromatic rings. The second-order valence-corrected chi connectivity index (χ2v) is 10.8. The average molecular weight is 567 g/mol. The van der Waals surface area contributed by atoms with Gasteiger partial charge in [-0.1, -0.05) is 48.5 Å². The summed E-state index contributed by atoms with van der Waals surface area (Å²) < 4.78 is 11.9. The van der Waals surface area contributed by atoms with Gasteiger partial charge in [-0.3, -0.25) is 19.3 Å². The van der Waals surface area contributed by atoms with Crippen LogP contribution in [0.5, 0.6) is 11.5 Å². The van der Waals surface area contributed by atoms with Gasteiger partial charge in [-0.15, -0.1) is 0 Å². The fourth-order valence-electron chi connectivity index (χ4n) is 4.67. The Morgan fingerprint density at radius 3 is 2.39 bits per heavy atom. The van der Waals surface area contributed by atoms with Crippen molar-refractivity contribution in [3.63, 3.8) is 0 Å². The fourth-order valence-corrected chi connectivity index (χ4v) is 5.51. The lowest BCUT2D eigenvalue weighted by Crippen LogP contribution is -2.36. The molecule has 0 aromatic heterocycles. The summed E-state index contributed by atoms with van der Waals surface area (Å²) in [6, 6.07) is 25.4. The topological polar surface area (TPSA) is 84.9 Å². The summed E-state index contributed by atoms with van der Waals surface area (Å²) in [7, 11) is 0. The van der Waals surface area contributed by atoms with Crippen LogP contribution in [0.4, 0.5) is 10.5 Å². The molecule has 0 unspecified atom stereocenters. The molecular weight excluding hydrogens is 536 g/mol. The van der Waals surface area contributed by atoms with Gasteiger partial charge in [0, 0.05) is 5.69 Å². The Labute approximate surface area is 243 Å². The zero-order valence-corrected chi connectivity index (χ0v) is 23.9. The van der Waals surface area contributed by atoms with Crippen LogP contribution in [0.1, 0.15) is 29.2 Å². The van der Waals surface area contributed by atoms with Crippen molar-refractivity contribution in [3.8, 4) is 11.5 Å². The molecule has 0 atom stereocenters. The maximum Gasteiger partial charge on any atom is 0.294 e. The highest BCUT2D eigenvalue weighted by Crippen LogP contribution is 2.35. The Kier molecular flexibility index (Phi) is 8.40. The number of carbonyl (C=O) groups is 3. The van der Waals surface area contributed by atoms with Crippen LogP contribution in [-0.4, -0.2) is 35.1 Å². The minimum absolute atomic E-state index is 0.237. The van der Waals surface area contributed by atoms with Crippen molar-refractivity contribution in [2.24, 2.45) is 0 Å². The molecule has 4 aromatic carbocycles. The van der Waals surface area contributed by atoms with Crippen molar-refractivity contribution in [1.82, 2.24) is 4.90 Å². The third-order valence-corrected chi connectivity index (χ3v) is 7.36. The second kappa shape index (κ2) is 12.3. The van der Waals surface area contributed by atoms with Gasteiger partial charge in [0.2, 0.25) is 5.91 Å². The number of nitrogens with one attached hydrogen (secondary N) is 1. The Bertz CT molecular complexity index is 1660. The number of imide groups is 1. The summed E-state index contributed by atoms with van der Waals surface area (Å²) in [6.07, 6.45) is 1.63. The van der Waals surface area contributed by atoms with E-state index >= 15 is 0 Å². The number of hydrogen-bond donors (Lipinski definition) is 1. The zero-order valence-electron chi connectivity index (χ0n) is 23.1. The number of hydrogen-bond acceptors (Lipinski definition) is 6. The van der Waals surface area contributed by atoms with Gasteiger partial charge in [0.15, 0.2) is 11.5 Å². The summed E-state index contributed by atoms with van der Waals surface area (Å²) in [5.74, 6) is 0.165. The number of rotatable bonds is 9. The number of anilines is 1. The summed E-state index contributed by atoms with van der Waals surface area (Å²) in [5.41, 5.74) is 4.35. The molecule has 1 heterocycles. The van der Waals surface area contributed by atoms with Crippen molar-refractivity contribution >= 4 is 51.4 Å². The van der Waals surface area contributed by atoms with Crippen molar-refractivity contribution < 1.29 is 23.9 Å². The van der Waals surface area contributed by atoms with Gasteiger partial charge in [-0.25, -0.2) is 0 Å². The van der Waals surface area contributed by atoms with Crippen LogP contribution in [0.25, 0.3) is 16.8 Å². The van der Waals surface area contributed by atoms with E-state index in [9.17, 15) is 14.4 Å². The average Bonchev–Trinajstić information content (AvgIpc) is 3.19. The maximum absolute atomic E-state index is 13.0. The van der Waals surface area contributed by atoms with Gasteiger partial charge < -0.3 is 14.8 Å². The zero-order chi connectivity index (χ0) is 28.9. The molecule has 3 amide bonds. The van der Waals surface area contributed by atoms with Crippen LogP contribution in [-0.2, 0) is 16.2 Å². The largest absolute Gasteiger partial charge is 0.490 e. The maximum atomic E-state index is 13.0. The predicted molar refractivity (Wildman–Crippen MR) is 163 cm³/mol. The third kappa shape index (κ3) is 6.78. The standard InChI is InChI=1S/C33H30N2O5S/c1-4-39-29-17-23(10-12-28(29)40-20-24-9-11-25-7-5-6-8-26(25)16-24)18-30-32(37)35(33(38)41-30)19-31(36)34-27-14-21(2)13-22(3)15-27/h5-18H,4,19-20H2,1-3H3,(H,34,36)/b30-18+. The van der Waals surface area contributed by atoms with E-state index in [0.717, 1.165) is 38.7 Å². The van der Waals surface area contributed by atoms with Crippen LogP contribution in [0, 0.1) is 13.8 Å². The van der Waals surface area contributed by atoms with E-state index in [1.165, 1.54) is 5.39 Å². The Morgan fingerprint density at radius 2 is 1.63 bits per heavy atom. The summed E-state index contributed by atoms with van der Waals surface area (Å²) in [6.45, 7) is 6.19. The highest BCUT2D eigenvalue weighted by molar-refractivity contribution is 8.18. The first-order valence-electron chi connectivity index (χ1n) is 13.3. The van der Waals surface area contributed by atoms with Crippen molar-refractivity contribution in [1.29, 1.82) is 0 Å². The highest BCUT2D eigenvalue weighted by atomic mass is 32.2. The number of fused-ring (bicyclic) bond motifs is 1. The van der Waals surface area contributed by atoms with E-state index in [4.69, 9.17) is 9.47 Å². The quantitative estimate of drug-likeness (QED) is 0.217. The van der Waals surface area contributed by atoms with E-state index in [2.05, 4.69) is 29.6 Å². The van der Waals surface area contributed by atoms with Gasteiger partial charge in [-0.05, 0) is 102 Å². The van der Waals surface area contributed by atoms with Gasteiger partial charge in [0.05, 0.1) is 11.5 Å². The molecule has 1 saturated heterocycles. The number of aryl methyl sites for hydroxylation is 2. The molecule has 1 aliphatic rings. The van der Waals surface area contributed by atoms with Gasteiger partial charge >= 0.3 is 0 Å². The predicted octanol–water partition coefficient (Wildman–Crippen LogP) is 7.11. The molecule has 5 rings (SSSR count). The lowest BCUT2D eigenvalue weighted by molar-refractivity contribution is -0.127. The van der Waals surface area contributed by atoms with Crippen LogP contribution in [0.15, 0.2) is 83.8 Å². The monoisotopic (exact) mass is 566 g/mol. The summed E-state index contributed by atoms with van der Waals surface area (Å²) >= 11 is 0.808. The molecule has 208 valence electrons. The molecule has 0 saturated carbocycles. The van der Waals surface area contributed by atoms with E-state index in [1.54, 1.807) is 24.3 Å². The number of carbonyl (C=O) groups excluding carboxylic acids is 3. The smallest absolute Gasteiger partial charge is 0.294 e. The third-order valence-electron chi connectivity index (χ3n) is 6.45. The van der Waals surface area contributed by atoms with Gasteiger partial charge in [-0.2, -0.15) is 0 Å². The number of ether oxygens (including phenoxy) is 2. The van der Waals surface area contributed by atoms with Crippen molar-refractivity contribution in [2.45, 2.75) is 27.4 Å². The normalized spacial score (nSPS) is 14.1. The molecule has 0 radical (unpaired) electrons. The molecule has 1 N–H and O–H groups in total. The van der Waals surface area contributed by atoms with Crippen molar-refractivity contribution in [3.05, 3.63) is 106 Å². The van der Waals surface area contributed by atoms with E-state index in [0.29, 0.717) is 36.0 Å². The highest BCUT2D eigenvalue weighted by Gasteiger charge is 2.36. The van der Waals surface area contributed by atoms with Gasteiger partial charge in [0.25, 0.3) is 11.1 Å². The molecule has 7 nitrogen and oxygen atoms in total. The molecule has 8 heteroatoms. The summed E-state index contributed by atoms with van der Waals surface area (Å²) in [4.78, 5) is 39.4. The second-order valence-electron chi connectivity index (χ2n) is 9.80. The minimum atomic E-state index is -0.509. The minimum Gasteiger partial charge on any atom is -0.490 e. The van der Waals surface area contributed by atoms with Crippen molar-refractivity contribution in [2.75, 3.05) is 18.5 Å². The molecular formula is C33H30N2O5S. The lowest BCUT2D eigenvalue weighted by atomic mass is 10.1. The van der Waals surface area contributed by atoms with Crippen LogP contribution >= 0.6 is 11.8 Å². The first kappa shape index (κ1) is 28.0. The number of thioether (sulfide) groups is 1. The van der Waals surface area contributed by atoms with Crippen LogP contribution in [0.3, 0.4) is 0 Å². The van der Waals surface area contributed by atoms with Crippen LogP contribution in [0.2, 0.25) is 0 Å². The Morgan fingerprint density at radius 1 is 0.878 bits per heavy atom. The van der Waals surface area contributed by atoms with E-state index < -0.39 is 17.1 Å². The van der Waals surface area contributed by atoms with E-state index in [1.807, 2.05) is 57.2 Å². The number of benzene rings is 4. The first-order chi connectivity index (χ1) is 19.8. The molecule has 0 spiro atoms. The number of nitrogens with zero attached hydrogens (tertiary/aromatic N) is 1. The fraction of sp³-hybridized carbons (Fsp3) is 0.182. The SMILES string of the molecule is CCOc1cc(/C=C2/SC(=O)N(CC(=O)Nc3cc(C)cc(C)c3)C2=O)ccc1OCc1ccc2ccccc2c1. The van der Waals surface area contributed by atoms with Gasteiger partial charge in [0.1, 0.15) is 13.2 Å². The summed E-state index contributed by atoms with van der Waals surface area (Å²) in [5, 5.41) is 4.60. The number of amides is 3. The van der Waals surface area contributed by atoms with Crippen LogP contribution < -0.4 is 14.8 Å². The molecule has 0 aliphatic carbocycles. The Hall–Kier alpha value is -4.56.